The standard InChI is InChI=1S/C28H30N2O5S/c1-6-34-27(32)24-18(4)29-28-30(25(24)20-9-13-21(33-5)14-10-20)26(31)23(36-28)15-19-7-11-22(12-8-19)35-16-17(2)3/h7-15,17,25H,6,16H2,1-5H3/b23-15+/t25-/m1/s1. The molecule has 0 saturated heterocycles. The van der Waals surface area contributed by atoms with E-state index in [1.807, 2.05) is 54.6 Å². The van der Waals surface area contributed by atoms with Crippen molar-refractivity contribution in [3.05, 3.63) is 90.6 Å². The highest BCUT2D eigenvalue weighted by atomic mass is 32.1. The van der Waals surface area contributed by atoms with Gasteiger partial charge in [0.1, 0.15) is 11.5 Å². The first-order chi connectivity index (χ1) is 17.3. The van der Waals surface area contributed by atoms with Crippen LogP contribution in [0, 0.1) is 5.92 Å². The highest BCUT2D eigenvalue weighted by molar-refractivity contribution is 7.07. The zero-order chi connectivity index (χ0) is 25.8. The van der Waals surface area contributed by atoms with Crippen LogP contribution in [-0.2, 0) is 9.53 Å². The lowest BCUT2D eigenvalue weighted by Crippen LogP contribution is -2.39. The van der Waals surface area contributed by atoms with Gasteiger partial charge in [-0.3, -0.25) is 9.36 Å². The van der Waals surface area contributed by atoms with Crippen LogP contribution in [0.15, 0.2) is 69.6 Å². The van der Waals surface area contributed by atoms with Crippen molar-refractivity contribution in [2.24, 2.45) is 10.9 Å². The van der Waals surface area contributed by atoms with Gasteiger partial charge in [0, 0.05) is 0 Å². The van der Waals surface area contributed by atoms with Gasteiger partial charge in [-0.25, -0.2) is 9.79 Å². The Morgan fingerprint density at radius 3 is 2.39 bits per heavy atom. The lowest BCUT2D eigenvalue weighted by atomic mass is 9.96. The molecule has 0 bridgehead atoms. The van der Waals surface area contributed by atoms with Crippen LogP contribution in [0.25, 0.3) is 6.08 Å². The van der Waals surface area contributed by atoms with Crippen molar-refractivity contribution >= 4 is 23.4 Å². The topological polar surface area (TPSA) is 79.1 Å². The second kappa shape index (κ2) is 11.0. The van der Waals surface area contributed by atoms with E-state index in [1.165, 1.54) is 11.3 Å². The van der Waals surface area contributed by atoms with Crippen molar-refractivity contribution < 1.29 is 19.0 Å². The Labute approximate surface area is 214 Å². The first-order valence-corrected chi connectivity index (χ1v) is 12.7. The molecule has 0 amide bonds. The number of carbonyl (C=O) groups excluding carboxylic acids is 1. The lowest BCUT2D eigenvalue weighted by molar-refractivity contribution is -0.139. The quantitative estimate of drug-likeness (QED) is 0.434. The summed E-state index contributed by atoms with van der Waals surface area (Å²) in [7, 11) is 1.59. The molecule has 0 radical (unpaired) electrons. The molecule has 0 fully saturated rings. The van der Waals surface area contributed by atoms with Crippen LogP contribution in [0.5, 0.6) is 11.5 Å². The Bertz CT molecular complexity index is 1450. The van der Waals surface area contributed by atoms with Crippen molar-refractivity contribution in [2.75, 3.05) is 20.3 Å². The maximum absolute atomic E-state index is 13.7. The molecular formula is C28H30N2O5S. The maximum atomic E-state index is 13.7. The van der Waals surface area contributed by atoms with E-state index >= 15 is 0 Å². The van der Waals surface area contributed by atoms with Crippen LogP contribution < -0.4 is 24.4 Å². The highest BCUT2D eigenvalue weighted by Crippen LogP contribution is 2.31. The molecule has 188 valence electrons. The monoisotopic (exact) mass is 506 g/mol. The number of carbonyl (C=O) groups is 1. The van der Waals surface area contributed by atoms with Gasteiger partial charge in [-0.1, -0.05) is 49.4 Å². The molecule has 4 rings (SSSR count). The summed E-state index contributed by atoms with van der Waals surface area (Å²) in [5.74, 6) is 1.43. The van der Waals surface area contributed by atoms with Gasteiger partial charge in [-0.05, 0) is 61.2 Å². The number of allylic oxidation sites excluding steroid dienone is 1. The van der Waals surface area contributed by atoms with Gasteiger partial charge in [0.2, 0.25) is 0 Å². The molecule has 1 aliphatic rings. The number of benzene rings is 2. The molecule has 2 aromatic carbocycles. The molecule has 7 nitrogen and oxygen atoms in total. The van der Waals surface area contributed by atoms with E-state index in [-0.39, 0.29) is 12.2 Å². The summed E-state index contributed by atoms with van der Waals surface area (Å²) in [5.41, 5.74) is 2.32. The Kier molecular flexibility index (Phi) is 7.74. The Morgan fingerprint density at radius 1 is 1.11 bits per heavy atom. The lowest BCUT2D eigenvalue weighted by Gasteiger charge is -2.24. The Morgan fingerprint density at radius 2 is 1.78 bits per heavy atom. The molecule has 0 N–H and O–H groups in total. The van der Waals surface area contributed by atoms with E-state index in [9.17, 15) is 9.59 Å². The summed E-state index contributed by atoms with van der Waals surface area (Å²) in [6.07, 6.45) is 1.84. The van der Waals surface area contributed by atoms with Crippen molar-refractivity contribution in [2.45, 2.75) is 33.7 Å². The van der Waals surface area contributed by atoms with E-state index in [2.05, 4.69) is 18.8 Å². The minimum atomic E-state index is -0.653. The van der Waals surface area contributed by atoms with Crippen molar-refractivity contribution in [1.29, 1.82) is 0 Å². The fourth-order valence-corrected chi connectivity index (χ4v) is 5.01. The second-order valence-electron chi connectivity index (χ2n) is 8.85. The molecule has 1 aromatic heterocycles. The van der Waals surface area contributed by atoms with Gasteiger partial charge >= 0.3 is 5.97 Å². The largest absolute Gasteiger partial charge is 0.497 e. The molecule has 3 aromatic rings. The molecule has 2 heterocycles. The molecule has 36 heavy (non-hydrogen) atoms. The smallest absolute Gasteiger partial charge is 0.338 e. The molecule has 8 heteroatoms. The maximum Gasteiger partial charge on any atom is 0.338 e. The molecule has 0 aliphatic carbocycles. The number of hydrogen-bond acceptors (Lipinski definition) is 7. The molecule has 0 saturated carbocycles. The average molecular weight is 507 g/mol. The summed E-state index contributed by atoms with van der Waals surface area (Å²) in [4.78, 5) is 31.8. The fourth-order valence-electron chi connectivity index (χ4n) is 3.97. The zero-order valence-electron chi connectivity index (χ0n) is 21.1. The molecule has 0 unspecified atom stereocenters. The predicted molar refractivity (Wildman–Crippen MR) is 140 cm³/mol. The number of hydrogen-bond donors (Lipinski definition) is 0. The van der Waals surface area contributed by atoms with Crippen LogP contribution >= 0.6 is 11.3 Å². The average Bonchev–Trinajstić information content (AvgIpc) is 3.17. The van der Waals surface area contributed by atoms with E-state index in [0.29, 0.717) is 38.9 Å². The van der Waals surface area contributed by atoms with Crippen molar-refractivity contribution in [1.82, 2.24) is 4.57 Å². The summed E-state index contributed by atoms with van der Waals surface area (Å²) in [5, 5.41) is 0. The van der Waals surface area contributed by atoms with Gasteiger partial charge < -0.3 is 14.2 Å². The first-order valence-electron chi connectivity index (χ1n) is 11.9. The van der Waals surface area contributed by atoms with E-state index in [0.717, 1.165) is 16.9 Å². The van der Waals surface area contributed by atoms with Crippen molar-refractivity contribution in [3.63, 3.8) is 0 Å². The molecule has 0 spiro atoms. The Hall–Kier alpha value is -3.65. The van der Waals surface area contributed by atoms with Gasteiger partial charge in [0.25, 0.3) is 5.56 Å². The predicted octanol–water partition coefficient (Wildman–Crippen LogP) is 3.84. The van der Waals surface area contributed by atoms with Crippen LogP contribution in [0.1, 0.15) is 44.9 Å². The summed E-state index contributed by atoms with van der Waals surface area (Å²) >= 11 is 1.30. The van der Waals surface area contributed by atoms with Gasteiger partial charge in [0.05, 0.1) is 42.2 Å². The number of aromatic nitrogens is 1. The number of fused-ring (bicyclic) bond motifs is 1. The Balaban J connectivity index is 1.80. The number of thiazole rings is 1. The third-order valence-corrected chi connectivity index (χ3v) is 6.69. The zero-order valence-corrected chi connectivity index (χ0v) is 21.9. The summed E-state index contributed by atoms with van der Waals surface area (Å²) in [6, 6.07) is 14.3. The van der Waals surface area contributed by atoms with E-state index in [4.69, 9.17) is 14.2 Å². The first kappa shape index (κ1) is 25.4. The summed E-state index contributed by atoms with van der Waals surface area (Å²) in [6.45, 7) is 8.60. The molecular weight excluding hydrogens is 476 g/mol. The molecule has 1 aliphatic heterocycles. The summed E-state index contributed by atoms with van der Waals surface area (Å²) < 4.78 is 18.5. The number of methoxy groups -OCH3 is 1. The third kappa shape index (κ3) is 5.28. The number of esters is 1. The van der Waals surface area contributed by atoms with Crippen molar-refractivity contribution in [3.8, 4) is 11.5 Å². The van der Waals surface area contributed by atoms with Gasteiger partial charge in [-0.2, -0.15) is 0 Å². The van der Waals surface area contributed by atoms with Crippen LogP contribution in [0.3, 0.4) is 0 Å². The third-order valence-electron chi connectivity index (χ3n) is 5.71. The normalized spacial score (nSPS) is 15.5. The number of ether oxygens (including phenoxy) is 3. The second-order valence-corrected chi connectivity index (χ2v) is 9.86. The number of rotatable bonds is 8. The minimum Gasteiger partial charge on any atom is -0.497 e. The van der Waals surface area contributed by atoms with Crippen LogP contribution in [-0.4, -0.2) is 30.9 Å². The van der Waals surface area contributed by atoms with Gasteiger partial charge in [-0.15, -0.1) is 0 Å². The van der Waals surface area contributed by atoms with E-state index < -0.39 is 12.0 Å². The fraction of sp³-hybridized carbons (Fsp3) is 0.321. The van der Waals surface area contributed by atoms with E-state index in [1.54, 1.807) is 25.5 Å². The SMILES string of the molecule is CCOC(=O)C1=C(C)N=c2s/c(=C/c3ccc(OCC(C)C)cc3)c(=O)n2[C@@H]1c1ccc(OC)cc1. The highest BCUT2D eigenvalue weighted by Gasteiger charge is 2.33. The minimum absolute atomic E-state index is 0.214. The van der Waals surface area contributed by atoms with Crippen LogP contribution in [0.2, 0.25) is 0 Å². The number of nitrogens with zero attached hydrogens (tertiary/aromatic N) is 2. The van der Waals surface area contributed by atoms with Crippen LogP contribution in [0.4, 0.5) is 0 Å². The molecule has 1 atom stereocenters. The van der Waals surface area contributed by atoms with Gasteiger partial charge in [0.15, 0.2) is 4.80 Å².